The van der Waals surface area contributed by atoms with Crippen molar-refractivity contribution in [3.05, 3.63) is 202 Å². The van der Waals surface area contributed by atoms with Crippen LogP contribution in [0.4, 0.5) is 0 Å². The zero-order valence-corrected chi connectivity index (χ0v) is 61.0. The van der Waals surface area contributed by atoms with Crippen LogP contribution in [0.3, 0.4) is 0 Å². The molecule has 7 aromatic carbocycles. The van der Waals surface area contributed by atoms with E-state index in [-0.39, 0.29) is 19.1 Å². The number of aryl methyl sites for hydroxylation is 7. The molecule has 0 aliphatic heterocycles. The molecule has 2 nitrogen and oxygen atoms in total. The summed E-state index contributed by atoms with van der Waals surface area (Å²) in [6.07, 6.45) is 42.9. The van der Waals surface area contributed by atoms with Gasteiger partial charge in [-0.15, -0.1) is 0 Å². The molecule has 9 rings (SSSR count). The summed E-state index contributed by atoms with van der Waals surface area (Å²) in [5.41, 5.74) is 24.0. The predicted octanol–water partition coefficient (Wildman–Crippen LogP) is 26.5. The molecule has 0 spiro atoms. The maximum Gasteiger partial charge on any atom is 0.0481 e. The zero-order chi connectivity index (χ0) is 66.7. The standard InChI is InChI=1S/C33H50.C30H38O2.C29H42/c1-5-9-10-12-27-15-18-30(19-16-27)31-20-22-32(23-21-31)33-24-17-28(25-29(33)8-4)14-11-13-26(6-2)7-3;1-3-5-6-7-23-10-14-27(15-11-23)29-18-19-30(26(4-2)20-29)28-16-12-24(13-17-28)8-9-25(21-31)22-32;1-4-7-9-11-23-12-15-26(16-13-23)27-17-19-28(20-18-27)29-21-14-24(10-8-5-2)22-25(29)6-3/h17,20-27,30H,5-16,18-19H2,1-4H3;10-20,25,31-32H,3-9,21-22H2,1-2H3;14,17-23,26H,4-13,15-16H2,1-3H3. The topological polar surface area (TPSA) is 40.5 Å². The number of aliphatic hydroxyl groups excluding tert-OH is 2. The van der Waals surface area contributed by atoms with Crippen LogP contribution in [0.15, 0.2) is 152 Å². The van der Waals surface area contributed by atoms with Crippen LogP contribution in [-0.2, 0) is 44.9 Å². The third-order valence-electron chi connectivity index (χ3n) is 22.1. The van der Waals surface area contributed by atoms with Crippen LogP contribution in [0.1, 0.15) is 291 Å². The van der Waals surface area contributed by atoms with Crippen LogP contribution in [-0.4, -0.2) is 23.4 Å². The zero-order valence-electron chi connectivity index (χ0n) is 61.0. The fourth-order valence-corrected chi connectivity index (χ4v) is 15.5. The van der Waals surface area contributed by atoms with Gasteiger partial charge < -0.3 is 10.2 Å². The minimum atomic E-state index is -0.0284. The highest BCUT2D eigenvalue weighted by atomic mass is 16.3. The Morgan fingerprint density at radius 2 is 0.670 bits per heavy atom. The van der Waals surface area contributed by atoms with Crippen LogP contribution in [0, 0.1) is 23.7 Å². The summed E-state index contributed by atoms with van der Waals surface area (Å²) in [6.45, 7) is 20.7. The number of benzene rings is 7. The Labute approximate surface area is 576 Å². The first kappa shape index (κ1) is 75.8. The van der Waals surface area contributed by atoms with Crippen LogP contribution >= 0.6 is 0 Å². The lowest BCUT2D eigenvalue weighted by atomic mass is 9.77. The summed E-state index contributed by atoms with van der Waals surface area (Å²) in [7, 11) is 0. The fourth-order valence-electron chi connectivity index (χ4n) is 15.5. The normalized spacial score (nSPS) is 16.4. The van der Waals surface area contributed by atoms with Gasteiger partial charge in [0.25, 0.3) is 0 Å². The third-order valence-corrected chi connectivity index (χ3v) is 22.1. The molecule has 0 atom stereocenters. The van der Waals surface area contributed by atoms with Crippen molar-refractivity contribution in [1.82, 2.24) is 0 Å². The molecule has 2 fully saturated rings. The summed E-state index contributed by atoms with van der Waals surface area (Å²) in [5, 5.41) is 18.5. The molecule has 0 unspecified atom stereocenters. The fraction of sp³-hybridized carbons (Fsp3) is 0.543. The summed E-state index contributed by atoms with van der Waals surface area (Å²) in [6, 6.07) is 58.3. The molecule has 2 N–H and O–H groups in total. The van der Waals surface area contributed by atoms with Crippen molar-refractivity contribution in [3.8, 4) is 44.5 Å². The average molecular weight is 1270 g/mol. The van der Waals surface area contributed by atoms with Crippen molar-refractivity contribution in [2.45, 2.75) is 286 Å². The Balaban J connectivity index is 0.000000200. The van der Waals surface area contributed by atoms with Gasteiger partial charge in [0.2, 0.25) is 0 Å². The third kappa shape index (κ3) is 24.2. The van der Waals surface area contributed by atoms with Crippen LogP contribution in [0.5, 0.6) is 0 Å². The minimum absolute atomic E-state index is 0.0284. The second-order valence-electron chi connectivity index (χ2n) is 28.9. The Bertz CT molecular complexity index is 3120. The van der Waals surface area contributed by atoms with Crippen molar-refractivity contribution < 1.29 is 10.2 Å². The van der Waals surface area contributed by atoms with E-state index in [9.17, 15) is 10.2 Å². The molecule has 7 aromatic rings. The molecule has 94 heavy (non-hydrogen) atoms. The predicted molar refractivity (Wildman–Crippen MR) is 412 cm³/mol. The molecule has 0 radical (unpaired) electrons. The van der Waals surface area contributed by atoms with E-state index in [1.807, 2.05) is 0 Å². The largest absolute Gasteiger partial charge is 0.396 e. The molecule has 0 heterocycles. The number of rotatable bonds is 35. The first-order valence-electron chi connectivity index (χ1n) is 39.1. The lowest BCUT2D eigenvalue weighted by Gasteiger charge is -2.29. The van der Waals surface area contributed by atoms with Gasteiger partial charge in [-0.25, -0.2) is 0 Å². The molecule has 510 valence electrons. The molecular formula is C92H130O2. The Morgan fingerprint density at radius 3 is 1.10 bits per heavy atom. The Kier molecular flexibility index (Phi) is 34.6. The van der Waals surface area contributed by atoms with E-state index < -0.39 is 0 Å². The lowest BCUT2D eigenvalue weighted by molar-refractivity contribution is 0.144. The SMILES string of the molecule is CCCCCC1CCC(c2ccc(-c3ccc(CCCC(CC)CC)cc3CC)cc2)CC1.CCCCCC1CCC(c2ccc(-c3ccc(CCCC)cc3CC)cc2)CC1.CCCCCc1ccc(-c2ccc(-c3ccc(CCC(CO)CO)cc3)c(CC)c2)cc1. The first-order valence-corrected chi connectivity index (χ1v) is 39.1. The van der Waals surface area contributed by atoms with Gasteiger partial charge in [-0.1, -0.05) is 304 Å². The van der Waals surface area contributed by atoms with Crippen LogP contribution in [0.25, 0.3) is 44.5 Å². The van der Waals surface area contributed by atoms with Gasteiger partial charge in [0.1, 0.15) is 0 Å². The number of unbranched alkanes of at least 4 members (excludes halogenated alkanes) is 7. The molecule has 2 heteroatoms. The second kappa shape index (κ2) is 42.9. The van der Waals surface area contributed by atoms with E-state index in [0.717, 1.165) is 61.7 Å². The molecule has 2 aliphatic carbocycles. The second-order valence-corrected chi connectivity index (χ2v) is 28.9. The van der Waals surface area contributed by atoms with Gasteiger partial charge in [0.05, 0.1) is 0 Å². The number of hydrogen-bond donors (Lipinski definition) is 2. The molecule has 2 saturated carbocycles. The van der Waals surface area contributed by atoms with Gasteiger partial charge in [0, 0.05) is 19.1 Å². The summed E-state index contributed by atoms with van der Waals surface area (Å²) in [4.78, 5) is 0. The van der Waals surface area contributed by atoms with E-state index in [2.05, 4.69) is 214 Å². The molecule has 2 aliphatic rings. The molecule has 0 saturated heterocycles. The maximum atomic E-state index is 9.26. The quantitative estimate of drug-likeness (QED) is 0.0389. The molecule has 0 amide bonds. The van der Waals surface area contributed by atoms with Crippen molar-refractivity contribution in [1.29, 1.82) is 0 Å². The average Bonchev–Trinajstić information content (AvgIpc) is 0.949. The van der Waals surface area contributed by atoms with Gasteiger partial charge in [-0.3, -0.25) is 0 Å². The van der Waals surface area contributed by atoms with E-state index in [1.165, 1.54) is 263 Å². The minimum Gasteiger partial charge on any atom is -0.396 e. The highest BCUT2D eigenvalue weighted by Gasteiger charge is 2.24. The van der Waals surface area contributed by atoms with Gasteiger partial charge >= 0.3 is 0 Å². The van der Waals surface area contributed by atoms with Crippen molar-refractivity contribution >= 4 is 0 Å². The van der Waals surface area contributed by atoms with Crippen molar-refractivity contribution in [3.63, 3.8) is 0 Å². The van der Waals surface area contributed by atoms with Crippen molar-refractivity contribution in [2.24, 2.45) is 23.7 Å². The van der Waals surface area contributed by atoms with E-state index in [0.29, 0.717) is 0 Å². The summed E-state index contributed by atoms with van der Waals surface area (Å²) >= 11 is 0. The molecule has 0 aromatic heterocycles. The molecular weight excluding hydrogens is 1140 g/mol. The van der Waals surface area contributed by atoms with E-state index in [1.54, 1.807) is 11.1 Å². The summed E-state index contributed by atoms with van der Waals surface area (Å²) < 4.78 is 0. The Hall–Kier alpha value is -5.54. The lowest BCUT2D eigenvalue weighted by Crippen LogP contribution is -2.13. The van der Waals surface area contributed by atoms with Crippen LogP contribution < -0.4 is 0 Å². The monoisotopic (exact) mass is 1270 g/mol. The highest BCUT2D eigenvalue weighted by molar-refractivity contribution is 5.74. The van der Waals surface area contributed by atoms with Gasteiger partial charge in [-0.2, -0.15) is 0 Å². The number of aliphatic hydroxyl groups is 2. The number of hydrogen-bond acceptors (Lipinski definition) is 2. The maximum absolute atomic E-state index is 9.26. The van der Waals surface area contributed by atoms with Gasteiger partial charge in [0.15, 0.2) is 0 Å². The molecule has 0 bridgehead atoms. The first-order chi connectivity index (χ1) is 46.1. The highest BCUT2D eigenvalue weighted by Crippen LogP contribution is 2.41. The van der Waals surface area contributed by atoms with Gasteiger partial charge in [-0.05, 0) is 246 Å². The summed E-state index contributed by atoms with van der Waals surface area (Å²) in [5.74, 6) is 4.44. The smallest absolute Gasteiger partial charge is 0.0481 e. The Morgan fingerprint density at radius 1 is 0.309 bits per heavy atom. The van der Waals surface area contributed by atoms with Crippen LogP contribution in [0.2, 0.25) is 0 Å². The van der Waals surface area contributed by atoms with E-state index >= 15 is 0 Å². The van der Waals surface area contributed by atoms with Crippen molar-refractivity contribution in [2.75, 3.05) is 13.2 Å². The van der Waals surface area contributed by atoms with E-state index in [4.69, 9.17) is 0 Å².